The zero-order chi connectivity index (χ0) is 16.3. The smallest absolute Gasteiger partial charge is 0.215 e. The maximum absolute atomic E-state index is 12.6. The van der Waals surface area contributed by atoms with Crippen LogP contribution >= 0.6 is 0 Å². The molecule has 0 aromatic carbocycles. The van der Waals surface area contributed by atoms with Crippen molar-refractivity contribution >= 4 is 10.0 Å². The van der Waals surface area contributed by atoms with E-state index in [1.165, 1.54) is 0 Å². The van der Waals surface area contributed by atoms with E-state index in [-0.39, 0.29) is 11.3 Å². The predicted octanol–water partition coefficient (Wildman–Crippen LogP) is 1.12. The van der Waals surface area contributed by atoms with Crippen LogP contribution in [0.25, 0.3) is 0 Å². The van der Waals surface area contributed by atoms with Crippen LogP contribution in [0.3, 0.4) is 0 Å². The van der Waals surface area contributed by atoms with Crippen LogP contribution in [0, 0.1) is 0 Å². The van der Waals surface area contributed by atoms with Crippen LogP contribution in [0.4, 0.5) is 0 Å². The highest BCUT2D eigenvalue weighted by atomic mass is 32.2. The lowest BCUT2D eigenvalue weighted by Crippen LogP contribution is -2.48. The summed E-state index contributed by atoms with van der Waals surface area (Å²) in [5.41, 5.74) is 0. The molecule has 2 fully saturated rings. The molecule has 0 radical (unpaired) electrons. The van der Waals surface area contributed by atoms with E-state index in [1.54, 1.807) is 6.33 Å². The molecule has 1 atom stereocenters. The quantitative estimate of drug-likeness (QED) is 0.839. The summed E-state index contributed by atoms with van der Waals surface area (Å²) in [4.78, 5) is 6.49. The molecule has 8 heteroatoms. The van der Waals surface area contributed by atoms with Crippen LogP contribution in [0.15, 0.2) is 6.33 Å². The van der Waals surface area contributed by atoms with E-state index in [0.717, 1.165) is 57.4 Å². The number of nitrogens with zero attached hydrogens (tertiary/aromatic N) is 4. The number of piperidine rings is 1. The number of hydrogen-bond acceptors (Lipinski definition) is 5. The molecule has 23 heavy (non-hydrogen) atoms. The molecule has 130 valence electrons. The molecule has 3 rings (SSSR count). The molecular formula is C15H27N5O2S. The summed E-state index contributed by atoms with van der Waals surface area (Å²) in [5, 5.41) is 3.87. The summed E-state index contributed by atoms with van der Waals surface area (Å²) in [7, 11) is -3.23. The van der Waals surface area contributed by atoms with Gasteiger partial charge >= 0.3 is 0 Å². The molecule has 0 amide bonds. The average molecular weight is 341 g/mol. The minimum Gasteiger partial charge on any atom is -0.295 e. The molecule has 2 aliphatic rings. The van der Waals surface area contributed by atoms with Gasteiger partial charge in [-0.1, -0.05) is 12.8 Å². The van der Waals surface area contributed by atoms with Crippen molar-refractivity contribution < 1.29 is 8.42 Å². The third-order valence-electron chi connectivity index (χ3n) is 4.95. The summed E-state index contributed by atoms with van der Waals surface area (Å²) >= 11 is 0. The SMILES string of the molecule is CCn1ncnc1CN1CCC[C@H](S(=O)(=O)NC2CCCC2)C1. The molecule has 1 aliphatic heterocycles. The van der Waals surface area contributed by atoms with Crippen LogP contribution in [0.2, 0.25) is 0 Å². The third kappa shape index (κ3) is 4.10. The average Bonchev–Trinajstić information content (AvgIpc) is 3.18. The fourth-order valence-electron chi connectivity index (χ4n) is 3.66. The number of hydrogen-bond donors (Lipinski definition) is 1. The third-order valence-corrected chi connectivity index (χ3v) is 6.87. The number of nitrogens with one attached hydrogen (secondary N) is 1. The van der Waals surface area contributed by atoms with Gasteiger partial charge in [0.1, 0.15) is 12.2 Å². The molecule has 1 aromatic rings. The highest BCUT2D eigenvalue weighted by molar-refractivity contribution is 7.90. The fraction of sp³-hybridized carbons (Fsp3) is 0.867. The first-order chi connectivity index (χ1) is 11.1. The van der Waals surface area contributed by atoms with Gasteiger partial charge in [-0.3, -0.25) is 4.90 Å². The second kappa shape index (κ2) is 7.27. The lowest BCUT2D eigenvalue weighted by atomic mass is 10.1. The van der Waals surface area contributed by atoms with Crippen LogP contribution < -0.4 is 4.72 Å². The van der Waals surface area contributed by atoms with Gasteiger partial charge in [-0.15, -0.1) is 0 Å². The van der Waals surface area contributed by atoms with Crippen molar-refractivity contribution in [2.45, 2.75) is 69.8 Å². The summed E-state index contributed by atoms with van der Waals surface area (Å²) in [6.07, 6.45) is 7.46. The first kappa shape index (κ1) is 16.9. The van der Waals surface area contributed by atoms with E-state index >= 15 is 0 Å². The number of aromatic nitrogens is 3. The molecule has 7 nitrogen and oxygen atoms in total. The molecule has 1 aliphatic carbocycles. The number of likely N-dealkylation sites (tertiary alicyclic amines) is 1. The zero-order valence-corrected chi connectivity index (χ0v) is 14.6. The van der Waals surface area contributed by atoms with Crippen LogP contribution in [-0.4, -0.2) is 52.5 Å². The minimum atomic E-state index is -3.23. The normalized spacial score (nSPS) is 24.3. The van der Waals surface area contributed by atoms with E-state index in [2.05, 4.69) is 19.7 Å². The summed E-state index contributed by atoms with van der Waals surface area (Å²) < 4.78 is 30.1. The first-order valence-electron chi connectivity index (χ1n) is 8.68. The van der Waals surface area contributed by atoms with Gasteiger partial charge in [0, 0.05) is 19.1 Å². The van der Waals surface area contributed by atoms with Gasteiger partial charge in [0.25, 0.3) is 0 Å². The maximum Gasteiger partial charge on any atom is 0.215 e. The van der Waals surface area contributed by atoms with Crippen molar-refractivity contribution in [3.8, 4) is 0 Å². The first-order valence-corrected chi connectivity index (χ1v) is 10.2. The highest BCUT2D eigenvalue weighted by Gasteiger charge is 2.33. The van der Waals surface area contributed by atoms with Crippen molar-refractivity contribution in [2.75, 3.05) is 13.1 Å². The van der Waals surface area contributed by atoms with Crippen molar-refractivity contribution in [1.82, 2.24) is 24.4 Å². The Morgan fingerprint density at radius 3 is 2.78 bits per heavy atom. The van der Waals surface area contributed by atoms with Crippen molar-refractivity contribution in [3.63, 3.8) is 0 Å². The van der Waals surface area contributed by atoms with E-state index in [1.807, 2.05) is 11.6 Å². The lowest BCUT2D eigenvalue weighted by molar-refractivity contribution is 0.213. The Balaban J connectivity index is 1.61. The van der Waals surface area contributed by atoms with Gasteiger partial charge in [-0.2, -0.15) is 5.10 Å². The Hall–Kier alpha value is -0.990. The Kier molecular flexibility index (Phi) is 5.33. The minimum absolute atomic E-state index is 0.151. The van der Waals surface area contributed by atoms with E-state index in [0.29, 0.717) is 13.1 Å². The van der Waals surface area contributed by atoms with E-state index < -0.39 is 10.0 Å². The van der Waals surface area contributed by atoms with Gasteiger partial charge in [0.15, 0.2) is 0 Å². The molecular weight excluding hydrogens is 314 g/mol. The fourth-order valence-corrected chi connectivity index (χ4v) is 5.43. The van der Waals surface area contributed by atoms with Crippen LogP contribution in [0.1, 0.15) is 51.3 Å². The molecule has 1 N–H and O–H groups in total. The molecule has 1 saturated heterocycles. The highest BCUT2D eigenvalue weighted by Crippen LogP contribution is 2.22. The van der Waals surface area contributed by atoms with Gasteiger partial charge in [0.2, 0.25) is 10.0 Å². The second-order valence-corrected chi connectivity index (χ2v) is 8.63. The van der Waals surface area contributed by atoms with E-state index in [9.17, 15) is 8.42 Å². The lowest BCUT2D eigenvalue weighted by Gasteiger charge is -2.32. The maximum atomic E-state index is 12.6. The zero-order valence-electron chi connectivity index (χ0n) is 13.8. The van der Waals surface area contributed by atoms with Gasteiger partial charge < -0.3 is 0 Å². The number of sulfonamides is 1. The number of rotatable bonds is 6. The molecule has 0 unspecified atom stereocenters. The van der Waals surface area contributed by atoms with Gasteiger partial charge in [0.05, 0.1) is 11.8 Å². The van der Waals surface area contributed by atoms with Gasteiger partial charge in [-0.05, 0) is 39.2 Å². The standard InChI is InChI=1S/C15H27N5O2S/c1-2-20-15(16-12-17-20)11-19-9-5-8-14(10-19)23(21,22)18-13-6-3-4-7-13/h12-14,18H,2-11H2,1H3/t14-/m0/s1. The monoisotopic (exact) mass is 341 g/mol. The molecule has 1 aromatic heterocycles. The van der Waals surface area contributed by atoms with Crippen molar-refractivity contribution in [3.05, 3.63) is 12.2 Å². The Morgan fingerprint density at radius 2 is 2.04 bits per heavy atom. The Morgan fingerprint density at radius 1 is 1.26 bits per heavy atom. The largest absolute Gasteiger partial charge is 0.295 e. The van der Waals surface area contributed by atoms with Crippen LogP contribution in [-0.2, 0) is 23.1 Å². The summed E-state index contributed by atoms with van der Waals surface area (Å²) in [5.74, 6) is 0.911. The number of aryl methyl sites for hydroxylation is 1. The van der Waals surface area contributed by atoms with Crippen molar-refractivity contribution in [1.29, 1.82) is 0 Å². The van der Waals surface area contributed by atoms with Crippen molar-refractivity contribution in [2.24, 2.45) is 0 Å². The molecule has 1 saturated carbocycles. The van der Waals surface area contributed by atoms with Gasteiger partial charge in [-0.25, -0.2) is 22.8 Å². The van der Waals surface area contributed by atoms with E-state index in [4.69, 9.17) is 0 Å². The van der Waals surface area contributed by atoms with Crippen LogP contribution in [0.5, 0.6) is 0 Å². The molecule has 0 bridgehead atoms. The molecule has 2 heterocycles. The topological polar surface area (TPSA) is 80.1 Å². The summed E-state index contributed by atoms with van der Waals surface area (Å²) in [6, 6.07) is 0.151. The summed E-state index contributed by atoms with van der Waals surface area (Å²) in [6.45, 7) is 5.00. The second-order valence-electron chi connectivity index (χ2n) is 6.64. The molecule has 0 spiro atoms. The Labute approximate surface area is 138 Å². The Bertz CT molecular complexity index is 609. The predicted molar refractivity (Wildman–Crippen MR) is 88.3 cm³/mol.